The molecule has 0 amide bonds. The second-order valence-corrected chi connectivity index (χ2v) is 8.59. The maximum absolute atomic E-state index is 12.3. The summed E-state index contributed by atoms with van der Waals surface area (Å²) < 4.78 is 28.6. The van der Waals surface area contributed by atoms with Crippen LogP contribution in [0.5, 0.6) is 0 Å². The molecule has 0 radical (unpaired) electrons. The van der Waals surface area contributed by atoms with E-state index in [0.717, 1.165) is 6.26 Å². The van der Waals surface area contributed by atoms with E-state index >= 15 is 0 Å². The molecule has 4 nitrogen and oxygen atoms in total. The van der Waals surface area contributed by atoms with Crippen LogP contribution in [0.15, 0.2) is 47.4 Å². The first-order valence-corrected chi connectivity index (χ1v) is 10.0. The van der Waals surface area contributed by atoms with Gasteiger partial charge in [0, 0.05) is 11.8 Å². The molecular formula is C18H14Cl2O4S. The average Bonchev–Trinajstić information content (AvgIpc) is 2.83. The molecule has 0 spiro atoms. The van der Waals surface area contributed by atoms with E-state index in [-0.39, 0.29) is 4.90 Å². The van der Waals surface area contributed by atoms with E-state index < -0.39 is 21.9 Å². The molecule has 2 aromatic carbocycles. The first-order chi connectivity index (χ1) is 11.7. The van der Waals surface area contributed by atoms with Crippen molar-refractivity contribution >= 4 is 50.2 Å². The molecule has 130 valence electrons. The lowest BCUT2D eigenvalue weighted by Crippen LogP contribution is -2.05. The molecule has 1 atom stereocenters. The van der Waals surface area contributed by atoms with E-state index in [2.05, 4.69) is 0 Å². The van der Waals surface area contributed by atoms with Crippen LogP contribution in [0.4, 0.5) is 0 Å². The normalized spacial score (nSPS) is 17.8. The lowest BCUT2D eigenvalue weighted by molar-refractivity contribution is -0.136. The van der Waals surface area contributed by atoms with Crippen LogP contribution in [0.1, 0.15) is 18.1 Å². The summed E-state index contributed by atoms with van der Waals surface area (Å²) in [4.78, 5) is 12.6. The Morgan fingerprint density at radius 2 is 1.56 bits per heavy atom. The molecule has 0 saturated heterocycles. The number of hydrogen-bond donors (Lipinski definition) is 0. The standard InChI is InChI=1S/C18H14Cl2O4S/c1-10-16(11-3-6-13(7-4-11)25(2,22)23)17(18(21)24-10)12-5-8-14(19)15(20)9-12/h3-10H,1-2H3. The summed E-state index contributed by atoms with van der Waals surface area (Å²) in [6.45, 7) is 1.77. The van der Waals surface area contributed by atoms with Crippen molar-refractivity contribution in [1.82, 2.24) is 0 Å². The maximum Gasteiger partial charge on any atom is 0.339 e. The van der Waals surface area contributed by atoms with Crippen molar-refractivity contribution in [1.29, 1.82) is 0 Å². The van der Waals surface area contributed by atoms with Crippen LogP contribution in [0, 0.1) is 0 Å². The zero-order chi connectivity index (χ0) is 18.4. The molecule has 0 bridgehead atoms. The van der Waals surface area contributed by atoms with Crippen molar-refractivity contribution in [2.24, 2.45) is 0 Å². The summed E-state index contributed by atoms with van der Waals surface area (Å²) in [5.74, 6) is -0.451. The van der Waals surface area contributed by atoms with E-state index in [1.54, 1.807) is 37.3 Å². The molecule has 0 saturated carbocycles. The van der Waals surface area contributed by atoms with Gasteiger partial charge in [-0.25, -0.2) is 13.2 Å². The Hall–Kier alpha value is -1.82. The van der Waals surface area contributed by atoms with Crippen LogP contribution in [-0.4, -0.2) is 26.7 Å². The van der Waals surface area contributed by atoms with Crippen molar-refractivity contribution in [3.63, 3.8) is 0 Å². The summed E-state index contributed by atoms with van der Waals surface area (Å²) >= 11 is 12.0. The topological polar surface area (TPSA) is 60.4 Å². The van der Waals surface area contributed by atoms with Gasteiger partial charge in [-0.05, 0) is 42.3 Å². The molecule has 3 rings (SSSR count). The first kappa shape index (κ1) is 18.0. The molecule has 7 heteroatoms. The van der Waals surface area contributed by atoms with Crippen molar-refractivity contribution in [3.05, 3.63) is 63.6 Å². The minimum absolute atomic E-state index is 0.214. The Bertz CT molecular complexity index is 992. The molecule has 1 aliphatic rings. The summed E-state index contributed by atoms with van der Waals surface area (Å²) in [5, 5.41) is 0.732. The Morgan fingerprint density at radius 1 is 0.960 bits per heavy atom. The van der Waals surface area contributed by atoms with Gasteiger partial charge in [-0.3, -0.25) is 0 Å². The predicted molar refractivity (Wildman–Crippen MR) is 98.4 cm³/mol. The summed E-state index contributed by atoms with van der Waals surface area (Å²) in [6, 6.07) is 11.3. The number of hydrogen-bond acceptors (Lipinski definition) is 4. The number of ether oxygens (including phenoxy) is 1. The van der Waals surface area contributed by atoms with E-state index in [1.807, 2.05) is 0 Å². The highest BCUT2D eigenvalue weighted by molar-refractivity contribution is 7.90. The molecule has 0 aromatic heterocycles. The van der Waals surface area contributed by atoms with Crippen molar-refractivity contribution in [2.75, 3.05) is 6.26 Å². The maximum atomic E-state index is 12.3. The summed E-state index contributed by atoms with van der Waals surface area (Å²) in [5.41, 5.74) is 2.40. The Kier molecular flexibility index (Phi) is 4.66. The van der Waals surface area contributed by atoms with E-state index in [1.165, 1.54) is 12.1 Å². The number of carbonyl (C=O) groups is 1. The Morgan fingerprint density at radius 3 is 2.12 bits per heavy atom. The van der Waals surface area contributed by atoms with Gasteiger partial charge in [0.2, 0.25) is 0 Å². The van der Waals surface area contributed by atoms with Gasteiger partial charge < -0.3 is 4.74 Å². The van der Waals surface area contributed by atoms with Crippen molar-refractivity contribution in [3.8, 4) is 0 Å². The van der Waals surface area contributed by atoms with Crippen LogP contribution in [0.25, 0.3) is 11.1 Å². The molecule has 1 aliphatic heterocycles. The van der Waals surface area contributed by atoms with Crippen LogP contribution in [-0.2, 0) is 19.4 Å². The molecule has 1 unspecified atom stereocenters. The SMILES string of the molecule is CC1OC(=O)C(c2ccc(Cl)c(Cl)c2)=C1c1ccc(S(C)(=O)=O)cc1. The smallest absolute Gasteiger partial charge is 0.339 e. The van der Waals surface area contributed by atoms with Crippen molar-refractivity contribution in [2.45, 2.75) is 17.9 Å². The number of cyclic esters (lactones) is 1. The highest BCUT2D eigenvalue weighted by atomic mass is 35.5. The monoisotopic (exact) mass is 396 g/mol. The molecule has 0 aliphatic carbocycles. The quantitative estimate of drug-likeness (QED) is 0.727. The third kappa shape index (κ3) is 3.45. The zero-order valence-corrected chi connectivity index (χ0v) is 15.7. The fourth-order valence-electron chi connectivity index (χ4n) is 2.78. The lowest BCUT2D eigenvalue weighted by atomic mass is 9.93. The minimum atomic E-state index is -3.29. The average molecular weight is 397 g/mol. The molecule has 25 heavy (non-hydrogen) atoms. The molecule has 1 heterocycles. The Labute approximate surface area is 155 Å². The van der Waals surface area contributed by atoms with Crippen LogP contribution in [0.2, 0.25) is 10.0 Å². The summed E-state index contributed by atoms with van der Waals surface area (Å²) in [7, 11) is -3.29. The van der Waals surface area contributed by atoms with Gasteiger partial charge in [0.15, 0.2) is 9.84 Å². The lowest BCUT2D eigenvalue weighted by Gasteiger charge is -2.10. The largest absolute Gasteiger partial charge is 0.454 e. The van der Waals surface area contributed by atoms with Gasteiger partial charge in [-0.1, -0.05) is 41.4 Å². The van der Waals surface area contributed by atoms with Gasteiger partial charge >= 0.3 is 5.97 Å². The zero-order valence-electron chi connectivity index (χ0n) is 13.4. The third-order valence-corrected chi connectivity index (χ3v) is 5.83. The highest BCUT2D eigenvalue weighted by Gasteiger charge is 2.33. The van der Waals surface area contributed by atoms with Crippen LogP contribution >= 0.6 is 23.2 Å². The first-order valence-electron chi connectivity index (χ1n) is 7.39. The predicted octanol–water partition coefficient (Wildman–Crippen LogP) is 4.25. The van der Waals surface area contributed by atoms with Gasteiger partial charge in [0.25, 0.3) is 0 Å². The fourth-order valence-corrected chi connectivity index (χ4v) is 3.71. The molecule has 0 fully saturated rings. The number of carbonyl (C=O) groups excluding carboxylic acids is 1. The van der Waals surface area contributed by atoms with E-state index in [4.69, 9.17) is 27.9 Å². The molecular weight excluding hydrogens is 383 g/mol. The molecule has 0 N–H and O–H groups in total. The van der Waals surface area contributed by atoms with Gasteiger partial charge in [-0.15, -0.1) is 0 Å². The second-order valence-electron chi connectivity index (χ2n) is 5.76. The number of rotatable bonds is 3. The number of halogens is 2. The minimum Gasteiger partial charge on any atom is -0.454 e. The van der Waals surface area contributed by atoms with Gasteiger partial charge in [0.1, 0.15) is 6.10 Å². The van der Waals surface area contributed by atoms with Crippen LogP contribution < -0.4 is 0 Å². The van der Waals surface area contributed by atoms with Gasteiger partial charge in [0.05, 0.1) is 20.5 Å². The number of benzene rings is 2. The molecule has 2 aromatic rings. The number of esters is 1. The fraction of sp³-hybridized carbons (Fsp3) is 0.167. The third-order valence-electron chi connectivity index (χ3n) is 3.97. The second kappa shape index (κ2) is 6.48. The van der Waals surface area contributed by atoms with Gasteiger partial charge in [-0.2, -0.15) is 0 Å². The van der Waals surface area contributed by atoms with E-state index in [9.17, 15) is 13.2 Å². The van der Waals surface area contributed by atoms with Crippen molar-refractivity contribution < 1.29 is 17.9 Å². The van der Waals surface area contributed by atoms with E-state index in [0.29, 0.717) is 32.3 Å². The van der Waals surface area contributed by atoms with Crippen LogP contribution in [0.3, 0.4) is 0 Å². The summed E-state index contributed by atoms with van der Waals surface area (Å²) in [6.07, 6.45) is 0.689. The number of sulfone groups is 1. The highest BCUT2D eigenvalue weighted by Crippen LogP contribution is 2.38. The Balaban J connectivity index is 2.16.